The van der Waals surface area contributed by atoms with Crippen LogP contribution in [0.15, 0.2) is 0 Å². The molecule has 0 bridgehead atoms. The van der Waals surface area contributed by atoms with E-state index in [2.05, 4.69) is 0 Å². The van der Waals surface area contributed by atoms with Crippen LogP contribution < -0.4 is 0 Å². The number of carbonyl (C=O) groups is 2. The summed E-state index contributed by atoms with van der Waals surface area (Å²) in [6.45, 7) is 0. The van der Waals surface area contributed by atoms with Crippen LogP contribution in [0.2, 0.25) is 0 Å². The molecule has 0 saturated carbocycles. The highest BCUT2D eigenvalue weighted by atomic mass is 35.5. The summed E-state index contributed by atoms with van der Waals surface area (Å²) in [4.78, 5) is 60.8. The highest BCUT2D eigenvalue weighted by molar-refractivity contribution is 6.63. The van der Waals surface area contributed by atoms with Gasteiger partial charge in [0.1, 0.15) is 12.8 Å². The SMILES string of the molecule is O=C(Cl)CCC(CCC(CCC(=O)Cl)([N+](=O)[O-])[N+](=O)[O-])([N+](=O)[O-])[N+](=O)[O-]. The normalized spacial score (nSPS) is 11.6. The molecule has 0 spiro atoms. The Balaban J connectivity index is 5.83. The molecule has 0 aromatic rings. The molecule has 0 aromatic heterocycles. The lowest BCUT2D eigenvalue weighted by molar-refractivity contribution is -0.816. The standard InChI is InChI=1S/C10H12Cl2N4O10/c11-7(17)1-3-9(13(19)20,14(21)22)5-6-10(15(23)24,16(25)26)4-2-8(12)18/h1-6H2. The minimum atomic E-state index is -3.09. The van der Waals surface area contributed by atoms with Gasteiger partial charge in [0.15, 0.2) is 0 Å². The van der Waals surface area contributed by atoms with Crippen molar-refractivity contribution in [3.8, 4) is 0 Å². The minimum Gasteiger partial charge on any atom is -0.281 e. The highest BCUT2D eigenvalue weighted by Gasteiger charge is 2.63. The number of nitrogens with zero attached hydrogens (tertiary/aromatic N) is 4. The van der Waals surface area contributed by atoms with Gasteiger partial charge < -0.3 is 0 Å². The van der Waals surface area contributed by atoms with Crippen molar-refractivity contribution in [2.24, 2.45) is 0 Å². The predicted molar refractivity (Wildman–Crippen MR) is 82.9 cm³/mol. The number of halogens is 2. The van der Waals surface area contributed by atoms with Gasteiger partial charge in [-0.3, -0.25) is 50.0 Å². The molecule has 0 atom stereocenters. The molecule has 0 heterocycles. The average Bonchev–Trinajstić information content (AvgIpc) is 2.48. The van der Waals surface area contributed by atoms with Crippen molar-refractivity contribution in [1.29, 1.82) is 0 Å². The van der Waals surface area contributed by atoms with Gasteiger partial charge in [-0.15, -0.1) is 0 Å². The highest BCUT2D eigenvalue weighted by Crippen LogP contribution is 2.32. The van der Waals surface area contributed by atoms with Gasteiger partial charge in [-0.25, -0.2) is 0 Å². The van der Waals surface area contributed by atoms with E-state index in [0.29, 0.717) is 0 Å². The summed E-state index contributed by atoms with van der Waals surface area (Å²) in [5.74, 6) is 0. The maximum Gasteiger partial charge on any atom is 0.459 e. The van der Waals surface area contributed by atoms with E-state index in [0.717, 1.165) is 0 Å². The fourth-order valence-corrected chi connectivity index (χ4v) is 2.30. The maximum absolute atomic E-state index is 11.2. The number of rotatable bonds is 13. The first-order chi connectivity index (χ1) is 11.8. The second-order valence-electron chi connectivity index (χ2n) is 5.20. The molecule has 0 aliphatic rings. The van der Waals surface area contributed by atoms with Gasteiger partial charge >= 0.3 is 11.3 Å². The van der Waals surface area contributed by atoms with Crippen LogP contribution in [0.5, 0.6) is 0 Å². The molecule has 0 aromatic carbocycles. The lowest BCUT2D eigenvalue weighted by atomic mass is 9.91. The van der Waals surface area contributed by atoms with Crippen LogP contribution in [-0.2, 0) is 9.59 Å². The summed E-state index contributed by atoms with van der Waals surface area (Å²) in [7, 11) is 0. The Morgan fingerprint density at radius 1 is 0.615 bits per heavy atom. The van der Waals surface area contributed by atoms with Crippen molar-refractivity contribution in [1.82, 2.24) is 0 Å². The Morgan fingerprint density at radius 2 is 0.846 bits per heavy atom. The van der Waals surface area contributed by atoms with E-state index in [-0.39, 0.29) is 0 Å². The summed E-state index contributed by atoms with van der Waals surface area (Å²) in [6, 6.07) is 0. The zero-order valence-electron chi connectivity index (χ0n) is 12.9. The first-order valence-corrected chi connectivity index (χ1v) is 7.52. The Bertz CT molecular complexity index is 557. The molecular formula is C10H12Cl2N4O10. The van der Waals surface area contributed by atoms with Crippen molar-refractivity contribution in [2.45, 2.75) is 49.9 Å². The van der Waals surface area contributed by atoms with Gasteiger partial charge in [0.05, 0.1) is 32.5 Å². The van der Waals surface area contributed by atoms with Crippen LogP contribution in [0, 0.1) is 40.5 Å². The zero-order chi connectivity index (χ0) is 20.7. The van der Waals surface area contributed by atoms with E-state index in [1.165, 1.54) is 0 Å². The molecule has 0 rings (SSSR count). The molecule has 0 aliphatic carbocycles. The van der Waals surface area contributed by atoms with Crippen LogP contribution in [0.25, 0.3) is 0 Å². The van der Waals surface area contributed by atoms with E-state index in [9.17, 15) is 50.0 Å². The Kier molecular flexibility index (Phi) is 8.40. The van der Waals surface area contributed by atoms with E-state index in [4.69, 9.17) is 23.2 Å². The summed E-state index contributed by atoms with van der Waals surface area (Å²) in [6.07, 6.45) is -6.11. The Labute approximate surface area is 154 Å². The molecule has 0 N–H and O–H groups in total. The number of hydrogen-bond acceptors (Lipinski definition) is 10. The van der Waals surface area contributed by atoms with Crippen molar-refractivity contribution in [3.63, 3.8) is 0 Å². The van der Waals surface area contributed by atoms with Crippen molar-refractivity contribution >= 4 is 33.7 Å². The summed E-state index contributed by atoms with van der Waals surface area (Å²) < 4.78 is 0. The lowest BCUT2D eigenvalue weighted by Gasteiger charge is -2.20. The van der Waals surface area contributed by atoms with Gasteiger partial charge in [0.2, 0.25) is 10.5 Å². The van der Waals surface area contributed by atoms with E-state index < -0.39 is 80.0 Å². The fraction of sp³-hybridized carbons (Fsp3) is 0.800. The average molecular weight is 419 g/mol. The molecule has 0 amide bonds. The van der Waals surface area contributed by atoms with Gasteiger partial charge in [0.25, 0.3) is 0 Å². The number of nitro groups is 4. The summed E-state index contributed by atoms with van der Waals surface area (Å²) in [5.41, 5.74) is -6.18. The molecule has 0 aliphatic heterocycles. The summed E-state index contributed by atoms with van der Waals surface area (Å²) in [5, 5.41) is 42.5. The Morgan fingerprint density at radius 3 is 1.00 bits per heavy atom. The molecule has 26 heavy (non-hydrogen) atoms. The van der Waals surface area contributed by atoms with Crippen molar-refractivity contribution < 1.29 is 29.3 Å². The molecule has 146 valence electrons. The van der Waals surface area contributed by atoms with Crippen LogP contribution in [-0.4, -0.2) is 41.5 Å². The van der Waals surface area contributed by atoms with Crippen LogP contribution >= 0.6 is 23.2 Å². The molecule has 0 unspecified atom stereocenters. The van der Waals surface area contributed by atoms with Crippen LogP contribution in [0.4, 0.5) is 0 Å². The monoisotopic (exact) mass is 418 g/mol. The second kappa shape index (κ2) is 9.28. The third kappa shape index (κ3) is 5.52. The quantitative estimate of drug-likeness (QED) is 0.181. The maximum atomic E-state index is 11.2. The molecule has 0 fully saturated rings. The third-order valence-electron chi connectivity index (χ3n) is 3.73. The zero-order valence-corrected chi connectivity index (χ0v) is 14.4. The van der Waals surface area contributed by atoms with Crippen molar-refractivity contribution in [2.75, 3.05) is 0 Å². The number of hydrogen-bond donors (Lipinski definition) is 0. The van der Waals surface area contributed by atoms with E-state index in [1.54, 1.807) is 0 Å². The van der Waals surface area contributed by atoms with Gasteiger partial charge in [0, 0.05) is 12.8 Å². The van der Waals surface area contributed by atoms with Crippen LogP contribution in [0.1, 0.15) is 38.5 Å². The first kappa shape index (κ1) is 23.5. The smallest absolute Gasteiger partial charge is 0.281 e. The molecule has 16 heteroatoms. The van der Waals surface area contributed by atoms with Gasteiger partial charge in [-0.2, -0.15) is 0 Å². The first-order valence-electron chi connectivity index (χ1n) is 6.76. The third-order valence-corrected chi connectivity index (χ3v) is 4.11. The molecule has 0 radical (unpaired) electrons. The van der Waals surface area contributed by atoms with Gasteiger partial charge in [-0.1, -0.05) is 0 Å². The van der Waals surface area contributed by atoms with Crippen molar-refractivity contribution in [3.05, 3.63) is 40.5 Å². The van der Waals surface area contributed by atoms with Crippen LogP contribution in [0.3, 0.4) is 0 Å². The summed E-state index contributed by atoms with van der Waals surface area (Å²) >= 11 is 10.0. The number of carbonyl (C=O) groups excluding carboxylic acids is 2. The van der Waals surface area contributed by atoms with E-state index in [1.807, 2.05) is 0 Å². The lowest BCUT2D eigenvalue weighted by Crippen LogP contribution is -2.52. The molecule has 0 saturated heterocycles. The fourth-order valence-electron chi connectivity index (χ4n) is 2.11. The second-order valence-corrected chi connectivity index (χ2v) is 6.05. The minimum absolute atomic E-state index is 0.798. The molecular weight excluding hydrogens is 407 g/mol. The Hall–Kier alpha value is -2.48. The topological polar surface area (TPSA) is 207 Å². The van der Waals surface area contributed by atoms with E-state index >= 15 is 0 Å². The molecule has 14 nitrogen and oxygen atoms in total. The largest absolute Gasteiger partial charge is 0.459 e. The predicted octanol–water partition coefficient (Wildman–Crippen LogP) is 1.36. The van der Waals surface area contributed by atoms with Gasteiger partial charge in [-0.05, 0) is 23.2 Å².